The number of anilines is 1. The molecule has 1 aliphatic carbocycles. The number of piperidine rings is 1. The van der Waals surface area contributed by atoms with Crippen LogP contribution in [0.15, 0.2) is 24.3 Å². The zero-order valence-corrected chi connectivity index (χ0v) is 16.1. The van der Waals surface area contributed by atoms with Crippen LogP contribution in [0.2, 0.25) is 0 Å². The molecule has 0 aromatic heterocycles. The van der Waals surface area contributed by atoms with Gasteiger partial charge in [0.25, 0.3) is 5.91 Å². The van der Waals surface area contributed by atoms with Gasteiger partial charge in [0, 0.05) is 36.9 Å². The molecule has 1 saturated carbocycles. The van der Waals surface area contributed by atoms with Gasteiger partial charge < -0.3 is 15.5 Å². The second-order valence-electron chi connectivity index (χ2n) is 8.49. The van der Waals surface area contributed by atoms with Gasteiger partial charge in [-0.3, -0.25) is 9.59 Å². The quantitative estimate of drug-likeness (QED) is 0.886. The number of rotatable bonds is 4. The number of likely N-dealkylation sites (tertiary alicyclic amines) is 1. The van der Waals surface area contributed by atoms with Gasteiger partial charge in [-0.05, 0) is 68.7 Å². The molecule has 2 atom stereocenters. The first kappa shape index (κ1) is 18.3. The molecule has 0 radical (unpaired) electrons. The van der Waals surface area contributed by atoms with E-state index in [0.29, 0.717) is 18.5 Å². The highest BCUT2D eigenvalue weighted by Gasteiger charge is 2.36. The Kier molecular flexibility index (Phi) is 5.37. The number of nitrogens with two attached hydrogens (primary N) is 1. The van der Waals surface area contributed by atoms with Gasteiger partial charge in [-0.25, -0.2) is 0 Å². The lowest BCUT2D eigenvalue weighted by Crippen LogP contribution is -2.41. The Hall–Kier alpha value is -2.04. The number of hydrogen-bond donors (Lipinski definition) is 1. The largest absolute Gasteiger partial charge is 0.371 e. The third kappa shape index (κ3) is 3.83. The van der Waals surface area contributed by atoms with Crippen molar-refractivity contribution in [3.63, 3.8) is 0 Å². The first-order valence-corrected chi connectivity index (χ1v) is 10.6. The van der Waals surface area contributed by atoms with E-state index in [1.165, 1.54) is 25.7 Å². The smallest absolute Gasteiger partial charge is 0.254 e. The summed E-state index contributed by atoms with van der Waals surface area (Å²) in [6, 6.07) is 8.40. The summed E-state index contributed by atoms with van der Waals surface area (Å²) in [4.78, 5) is 28.9. The van der Waals surface area contributed by atoms with Gasteiger partial charge in [-0.2, -0.15) is 0 Å². The number of benzene rings is 1. The van der Waals surface area contributed by atoms with Crippen LogP contribution in [0.4, 0.5) is 5.69 Å². The molecule has 2 heterocycles. The average Bonchev–Trinajstić information content (AvgIpc) is 3.39. The van der Waals surface area contributed by atoms with Crippen LogP contribution in [0.1, 0.15) is 61.7 Å². The number of carbonyl (C=O) groups excluding carboxylic acids is 2. The molecule has 2 N–H and O–H groups in total. The summed E-state index contributed by atoms with van der Waals surface area (Å²) in [6.45, 7) is 2.51. The van der Waals surface area contributed by atoms with Crippen molar-refractivity contribution >= 4 is 17.5 Å². The standard InChI is InChI=1S/C22H31N3O2/c23-21(26)18-7-3-13-24(15-18)19-11-9-17(10-12-19)22(27)25-14-4-8-20(25)16-5-1-2-6-16/h9-12,16,18,20H,1-8,13-15H2,(H2,23,26)/t18-,20-/m0/s1. The molecule has 2 saturated heterocycles. The molecule has 146 valence electrons. The summed E-state index contributed by atoms with van der Waals surface area (Å²) in [6.07, 6.45) is 9.35. The van der Waals surface area contributed by atoms with Gasteiger partial charge in [0.2, 0.25) is 5.91 Å². The van der Waals surface area contributed by atoms with Gasteiger partial charge in [0.05, 0.1) is 5.92 Å². The van der Waals surface area contributed by atoms with Gasteiger partial charge in [0.15, 0.2) is 0 Å². The van der Waals surface area contributed by atoms with Crippen LogP contribution in [0.5, 0.6) is 0 Å². The van der Waals surface area contributed by atoms with Gasteiger partial charge in [-0.15, -0.1) is 0 Å². The lowest BCUT2D eigenvalue weighted by molar-refractivity contribution is -0.122. The molecule has 5 heteroatoms. The van der Waals surface area contributed by atoms with Crippen molar-refractivity contribution in [3.8, 4) is 0 Å². The van der Waals surface area contributed by atoms with Gasteiger partial charge in [-0.1, -0.05) is 12.8 Å². The van der Waals surface area contributed by atoms with Gasteiger partial charge >= 0.3 is 0 Å². The molecule has 3 fully saturated rings. The maximum Gasteiger partial charge on any atom is 0.254 e. The Balaban J connectivity index is 1.44. The van der Waals surface area contributed by atoms with E-state index in [1.54, 1.807) is 0 Å². The number of carbonyl (C=O) groups is 2. The Morgan fingerprint density at radius 2 is 1.59 bits per heavy atom. The summed E-state index contributed by atoms with van der Waals surface area (Å²) in [7, 11) is 0. The molecular formula is C22H31N3O2. The molecule has 4 rings (SSSR count). The van der Waals surface area contributed by atoms with Crippen molar-refractivity contribution in [2.24, 2.45) is 17.6 Å². The molecule has 0 unspecified atom stereocenters. The van der Waals surface area contributed by atoms with E-state index < -0.39 is 0 Å². The Labute approximate surface area is 161 Å². The van der Waals surface area contributed by atoms with Crippen molar-refractivity contribution in [2.75, 3.05) is 24.5 Å². The monoisotopic (exact) mass is 369 g/mol. The molecule has 5 nitrogen and oxygen atoms in total. The Bertz CT molecular complexity index is 681. The number of amides is 2. The molecule has 0 bridgehead atoms. The van der Waals surface area contributed by atoms with Crippen LogP contribution in [0, 0.1) is 11.8 Å². The van der Waals surface area contributed by atoms with Crippen molar-refractivity contribution < 1.29 is 9.59 Å². The van der Waals surface area contributed by atoms with Crippen LogP contribution in [-0.4, -0.2) is 42.4 Å². The zero-order chi connectivity index (χ0) is 18.8. The van der Waals surface area contributed by atoms with Crippen LogP contribution >= 0.6 is 0 Å². The lowest BCUT2D eigenvalue weighted by atomic mass is 9.95. The third-order valence-electron chi connectivity index (χ3n) is 6.81. The van der Waals surface area contributed by atoms with Crippen LogP contribution in [0.25, 0.3) is 0 Å². The minimum atomic E-state index is -0.210. The van der Waals surface area contributed by atoms with Crippen molar-refractivity contribution in [1.82, 2.24) is 4.90 Å². The highest BCUT2D eigenvalue weighted by atomic mass is 16.2. The maximum atomic E-state index is 13.1. The predicted molar refractivity (Wildman–Crippen MR) is 107 cm³/mol. The minimum Gasteiger partial charge on any atom is -0.371 e. The van der Waals surface area contributed by atoms with Crippen molar-refractivity contribution in [2.45, 2.75) is 57.4 Å². The Morgan fingerprint density at radius 3 is 2.30 bits per heavy atom. The summed E-state index contributed by atoms with van der Waals surface area (Å²) >= 11 is 0. The highest BCUT2D eigenvalue weighted by Crippen LogP contribution is 2.36. The summed E-state index contributed by atoms with van der Waals surface area (Å²) in [5.74, 6) is 0.606. The Morgan fingerprint density at radius 1 is 0.889 bits per heavy atom. The number of hydrogen-bond acceptors (Lipinski definition) is 3. The van der Waals surface area contributed by atoms with Crippen LogP contribution in [0.3, 0.4) is 0 Å². The fourth-order valence-electron chi connectivity index (χ4n) is 5.30. The zero-order valence-electron chi connectivity index (χ0n) is 16.1. The highest BCUT2D eigenvalue weighted by molar-refractivity contribution is 5.95. The second-order valence-corrected chi connectivity index (χ2v) is 8.49. The van der Waals surface area contributed by atoms with Crippen molar-refractivity contribution in [1.29, 1.82) is 0 Å². The molecule has 2 aliphatic heterocycles. The van der Waals surface area contributed by atoms with E-state index in [4.69, 9.17) is 5.73 Å². The van der Waals surface area contributed by atoms with E-state index in [0.717, 1.165) is 50.0 Å². The van der Waals surface area contributed by atoms with E-state index in [1.807, 2.05) is 24.3 Å². The third-order valence-corrected chi connectivity index (χ3v) is 6.81. The van der Waals surface area contributed by atoms with Crippen LogP contribution in [-0.2, 0) is 4.79 Å². The first-order valence-electron chi connectivity index (χ1n) is 10.6. The van der Waals surface area contributed by atoms with Gasteiger partial charge in [0.1, 0.15) is 0 Å². The topological polar surface area (TPSA) is 66.6 Å². The SMILES string of the molecule is NC(=O)[C@H]1CCCN(c2ccc(C(=O)N3CCC[C@H]3C3CCCC3)cc2)C1. The lowest BCUT2D eigenvalue weighted by Gasteiger charge is -2.33. The van der Waals surface area contributed by atoms with Crippen molar-refractivity contribution in [3.05, 3.63) is 29.8 Å². The first-order chi connectivity index (χ1) is 13.1. The minimum absolute atomic E-state index is 0.0724. The molecule has 3 aliphatic rings. The summed E-state index contributed by atoms with van der Waals surface area (Å²) < 4.78 is 0. The molecule has 0 spiro atoms. The number of nitrogens with zero attached hydrogens (tertiary/aromatic N) is 2. The fraction of sp³-hybridized carbons (Fsp3) is 0.636. The fourth-order valence-corrected chi connectivity index (χ4v) is 5.30. The maximum absolute atomic E-state index is 13.1. The summed E-state index contributed by atoms with van der Waals surface area (Å²) in [5.41, 5.74) is 7.35. The molecule has 27 heavy (non-hydrogen) atoms. The van der Waals surface area contributed by atoms with E-state index in [-0.39, 0.29) is 17.7 Å². The average molecular weight is 370 g/mol. The predicted octanol–water partition coefficient (Wildman–Crippen LogP) is 3.18. The molecule has 2 amide bonds. The molecular weight excluding hydrogens is 338 g/mol. The summed E-state index contributed by atoms with van der Waals surface area (Å²) in [5, 5.41) is 0. The normalized spacial score (nSPS) is 26.5. The van der Waals surface area contributed by atoms with E-state index in [9.17, 15) is 9.59 Å². The van der Waals surface area contributed by atoms with Crippen LogP contribution < -0.4 is 10.6 Å². The second kappa shape index (κ2) is 7.91. The molecule has 1 aromatic rings. The molecule has 1 aromatic carbocycles. The van der Waals surface area contributed by atoms with E-state index >= 15 is 0 Å². The van der Waals surface area contributed by atoms with E-state index in [2.05, 4.69) is 9.80 Å². The number of primary amides is 1.